The Morgan fingerprint density at radius 1 is 0.784 bits per heavy atom. The molecule has 0 aliphatic heterocycles. The molecule has 6 nitrogen and oxygen atoms in total. The summed E-state index contributed by atoms with van der Waals surface area (Å²) in [5, 5.41) is 4.67. The zero-order chi connectivity index (χ0) is 25.5. The molecule has 0 saturated heterocycles. The molecule has 0 fully saturated rings. The van der Waals surface area contributed by atoms with Crippen molar-refractivity contribution in [3.63, 3.8) is 0 Å². The standard InChI is InChI=1S/C29H16Cl2N2O4/c30-19-9-11-23(31)22(14-19)28-33-24-15-20(10-12-26(24)36-28)32-27(34)17-7-5-16(6-8-17)21-13-18-3-1-2-4-25(18)37-29(21)35/h1-15H,(H,32,34). The van der Waals surface area contributed by atoms with Crippen LogP contribution in [0.15, 0.2) is 105 Å². The van der Waals surface area contributed by atoms with E-state index >= 15 is 0 Å². The SMILES string of the molecule is O=C(Nc1ccc2oc(-c3cc(Cl)ccc3Cl)nc2c1)c1ccc(-c2cc3ccccc3oc2=O)cc1. The van der Waals surface area contributed by atoms with Gasteiger partial charge in [0, 0.05) is 21.7 Å². The average molecular weight is 527 g/mol. The molecule has 1 amide bonds. The van der Waals surface area contributed by atoms with Crippen molar-refractivity contribution < 1.29 is 13.6 Å². The van der Waals surface area contributed by atoms with Crippen LogP contribution in [-0.4, -0.2) is 10.9 Å². The van der Waals surface area contributed by atoms with Crippen molar-refractivity contribution in [3.8, 4) is 22.6 Å². The van der Waals surface area contributed by atoms with Gasteiger partial charge in [-0.2, -0.15) is 0 Å². The van der Waals surface area contributed by atoms with Gasteiger partial charge in [-0.1, -0.05) is 53.5 Å². The number of hydrogen-bond acceptors (Lipinski definition) is 5. The van der Waals surface area contributed by atoms with Crippen LogP contribution in [0.5, 0.6) is 0 Å². The number of nitrogens with zero attached hydrogens (tertiary/aromatic N) is 1. The lowest BCUT2D eigenvalue weighted by molar-refractivity contribution is 0.102. The van der Waals surface area contributed by atoms with Crippen molar-refractivity contribution in [2.45, 2.75) is 0 Å². The predicted octanol–water partition coefficient (Wildman–Crippen LogP) is 7.83. The Balaban J connectivity index is 1.24. The molecule has 6 aromatic rings. The van der Waals surface area contributed by atoms with Crippen molar-refractivity contribution in [3.05, 3.63) is 117 Å². The van der Waals surface area contributed by atoms with Crippen molar-refractivity contribution in [1.29, 1.82) is 0 Å². The number of para-hydroxylation sites is 1. The molecule has 180 valence electrons. The largest absolute Gasteiger partial charge is 0.436 e. The first-order valence-corrected chi connectivity index (χ1v) is 12.0. The average Bonchev–Trinajstić information content (AvgIpc) is 3.33. The van der Waals surface area contributed by atoms with Gasteiger partial charge in [0.05, 0.1) is 16.1 Å². The van der Waals surface area contributed by atoms with Crippen molar-refractivity contribution in [2.75, 3.05) is 5.32 Å². The molecular formula is C29H16Cl2N2O4. The molecule has 8 heteroatoms. The van der Waals surface area contributed by atoms with Gasteiger partial charge in [0.15, 0.2) is 5.58 Å². The summed E-state index contributed by atoms with van der Waals surface area (Å²) in [6.07, 6.45) is 0. The predicted molar refractivity (Wildman–Crippen MR) is 145 cm³/mol. The summed E-state index contributed by atoms with van der Waals surface area (Å²) in [5.74, 6) is 0.0257. The summed E-state index contributed by atoms with van der Waals surface area (Å²) < 4.78 is 11.2. The Bertz CT molecular complexity index is 1870. The van der Waals surface area contributed by atoms with Crippen LogP contribution in [0.4, 0.5) is 5.69 Å². The Morgan fingerprint density at radius 3 is 2.43 bits per heavy atom. The fourth-order valence-corrected chi connectivity index (χ4v) is 4.42. The number of anilines is 1. The number of carbonyl (C=O) groups is 1. The van der Waals surface area contributed by atoms with E-state index in [1.165, 1.54) is 0 Å². The Kier molecular flexibility index (Phi) is 5.75. The van der Waals surface area contributed by atoms with Crippen LogP contribution in [0.3, 0.4) is 0 Å². The molecule has 0 aliphatic rings. The molecular weight excluding hydrogens is 511 g/mol. The second-order valence-corrected chi connectivity index (χ2v) is 9.19. The van der Waals surface area contributed by atoms with E-state index in [0.29, 0.717) is 60.6 Å². The number of carbonyl (C=O) groups excluding carboxylic acids is 1. The highest BCUT2D eigenvalue weighted by molar-refractivity contribution is 6.35. The van der Waals surface area contributed by atoms with Gasteiger partial charge in [-0.3, -0.25) is 4.79 Å². The maximum Gasteiger partial charge on any atom is 0.344 e. The molecule has 1 N–H and O–H groups in total. The maximum absolute atomic E-state index is 12.9. The molecule has 2 aromatic heterocycles. The lowest BCUT2D eigenvalue weighted by Gasteiger charge is -2.07. The number of halogens is 2. The number of hydrogen-bond donors (Lipinski definition) is 1. The molecule has 0 spiro atoms. The van der Waals surface area contributed by atoms with E-state index in [1.807, 2.05) is 18.2 Å². The topological polar surface area (TPSA) is 85.3 Å². The molecule has 0 aliphatic carbocycles. The van der Waals surface area contributed by atoms with Crippen LogP contribution >= 0.6 is 23.2 Å². The van der Waals surface area contributed by atoms with E-state index in [2.05, 4.69) is 10.3 Å². The number of rotatable bonds is 4. The molecule has 0 unspecified atom stereocenters. The minimum absolute atomic E-state index is 0.307. The summed E-state index contributed by atoms with van der Waals surface area (Å²) in [7, 11) is 0. The highest BCUT2D eigenvalue weighted by Crippen LogP contribution is 2.33. The van der Waals surface area contributed by atoms with Crippen LogP contribution in [0, 0.1) is 0 Å². The molecule has 0 saturated carbocycles. The molecule has 0 atom stereocenters. The number of fused-ring (bicyclic) bond motifs is 2. The lowest BCUT2D eigenvalue weighted by Crippen LogP contribution is -2.11. The number of aromatic nitrogens is 1. The number of amides is 1. The number of nitrogens with one attached hydrogen (secondary N) is 1. The third-order valence-corrected chi connectivity index (χ3v) is 6.47. The van der Waals surface area contributed by atoms with Gasteiger partial charge < -0.3 is 14.2 Å². The van der Waals surface area contributed by atoms with Gasteiger partial charge in [0.1, 0.15) is 11.1 Å². The van der Waals surface area contributed by atoms with E-state index in [0.717, 1.165) is 5.39 Å². The first-order chi connectivity index (χ1) is 17.9. The molecule has 2 heterocycles. The van der Waals surface area contributed by atoms with Gasteiger partial charge in [-0.25, -0.2) is 9.78 Å². The second-order valence-electron chi connectivity index (χ2n) is 8.34. The Labute approximate surface area is 220 Å². The molecule has 0 bridgehead atoms. The van der Waals surface area contributed by atoms with E-state index in [-0.39, 0.29) is 5.91 Å². The zero-order valence-electron chi connectivity index (χ0n) is 19.0. The summed E-state index contributed by atoms with van der Waals surface area (Å²) in [6.45, 7) is 0. The Morgan fingerprint density at radius 2 is 1.59 bits per heavy atom. The van der Waals surface area contributed by atoms with Crippen molar-refractivity contribution >= 4 is 56.9 Å². The third kappa shape index (κ3) is 4.48. The number of oxazole rings is 1. The van der Waals surface area contributed by atoms with Crippen molar-refractivity contribution in [2.24, 2.45) is 0 Å². The lowest BCUT2D eigenvalue weighted by atomic mass is 10.0. The highest BCUT2D eigenvalue weighted by atomic mass is 35.5. The molecule has 0 radical (unpaired) electrons. The monoisotopic (exact) mass is 526 g/mol. The van der Waals surface area contributed by atoms with Gasteiger partial charge in [0.2, 0.25) is 5.89 Å². The first kappa shape index (κ1) is 23.0. The minimum atomic E-state index is -0.435. The molecule has 37 heavy (non-hydrogen) atoms. The normalized spacial score (nSPS) is 11.2. The van der Waals surface area contributed by atoms with Crippen LogP contribution < -0.4 is 10.9 Å². The summed E-state index contributed by atoms with van der Waals surface area (Å²) in [5.41, 5.74) is 3.84. The van der Waals surface area contributed by atoms with Crippen LogP contribution in [0.25, 0.3) is 44.7 Å². The van der Waals surface area contributed by atoms with Gasteiger partial charge >= 0.3 is 5.63 Å². The van der Waals surface area contributed by atoms with E-state index < -0.39 is 5.63 Å². The van der Waals surface area contributed by atoms with E-state index in [9.17, 15) is 9.59 Å². The van der Waals surface area contributed by atoms with Gasteiger partial charge in [0.25, 0.3) is 5.91 Å². The summed E-state index contributed by atoms with van der Waals surface area (Å²) in [6, 6.07) is 26.1. The fraction of sp³-hybridized carbons (Fsp3) is 0. The molecule has 4 aromatic carbocycles. The van der Waals surface area contributed by atoms with Crippen molar-refractivity contribution in [1.82, 2.24) is 4.98 Å². The minimum Gasteiger partial charge on any atom is -0.436 e. The smallest absolute Gasteiger partial charge is 0.344 e. The van der Waals surface area contributed by atoms with Crippen LogP contribution in [0.2, 0.25) is 10.0 Å². The summed E-state index contributed by atoms with van der Waals surface area (Å²) in [4.78, 5) is 29.8. The molecule has 6 rings (SSSR count). The third-order valence-electron chi connectivity index (χ3n) is 5.90. The quantitative estimate of drug-likeness (QED) is 0.236. The number of benzene rings is 4. The zero-order valence-corrected chi connectivity index (χ0v) is 20.5. The highest BCUT2D eigenvalue weighted by Gasteiger charge is 2.14. The first-order valence-electron chi connectivity index (χ1n) is 11.3. The second kappa shape index (κ2) is 9.24. The summed E-state index contributed by atoms with van der Waals surface area (Å²) >= 11 is 12.4. The Hall–Kier alpha value is -4.39. The fourth-order valence-electron chi connectivity index (χ4n) is 4.05. The van der Waals surface area contributed by atoms with E-state index in [4.69, 9.17) is 32.0 Å². The maximum atomic E-state index is 12.9. The van der Waals surface area contributed by atoms with Crippen LogP contribution in [0.1, 0.15) is 10.4 Å². The van der Waals surface area contributed by atoms with Gasteiger partial charge in [-0.15, -0.1) is 0 Å². The van der Waals surface area contributed by atoms with E-state index in [1.54, 1.807) is 72.8 Å². The van der Waals surface area contributed by atoms with Crippen LogP contribution in [-0.2, 0) is 0 Å². The van der Waals surface area contributed by atoms with Gasteiger partial charge in [-0.05, 0) is 66.2 Å².